The molecular formula is C16H21F3N2. The van der Waals surface area contributed by atoms with E-state index in [1.54, 1.807) is 6.07 Å². The molecule has 0 saturated carbocycles. The molecular weight excluding hydrogens is 277 g/mol. The van der Waals surface area contributed by atoms with E-state index in [0.29, 0.717) is 17.7 Å². The van der Waals surface area contributed by atoms with Crippen molar-refractivity contribution in [1.29, 1.82) is 0 Å². The Labute approximate surface area is 123 Å². The second-order valence-corrected chi connectivity index (χ2v) is 5.38. The molecule has 1 aromatic carbocycles. The van der Waals surface area contributed by atoms with E-state index in [0.717, 1.165) is 38.8 Å². The highest BCUT2D eigenvalue weighted by Crippen LogP contribution is 2.31. The summed E-state index contributed by atoms with van der Waals surface area (Å²) in [5.41, 5.74) is 0.624. The molecule has 5 heteroatoms. The van der Waals surface area contributed by atoms with Crippen molar-refractivity contribution in [1.82, 2.24) is 9.80 Å². The lowest BCUT2D eigenvalue weighted by Crippen LogP contribution is -2.45. The van der Waals surface area contributed by atoms with Crippen LogP contribution in [0.15, 0.2) is 24.8 Å². The third-order valence-electron chi connectivity index (χ3n) is 3.90. The van der Waals surface area contributed by atoms with Crippen LogP contribution in [-0.4, -0.2) is 42.5 Å². The Bertz CT molecular complexity index is 489. The lowest BCUT2D eigenvalue weighted by molar-refractivity contribution is -0.137. The van der Waals surface area contributed by atoms with Gasteiger partial charge in [-0.05, 0) is 29.8 Å². The average Bonchev–Trinajstić information content (AvgIpc) is 2.46. The van der Waals surface area contributed by atoms with Gasteiger partial charge in [-0.15, -0.1) is 0 Å². The molecule has 0 aromatic heterocycles. The van der Waals surface area contributed by atoms with E-state index in [2.05, 4.69) is 23.3 Å². The molecule has 0 bridgehead atoms. The topological polar surface area (TPSA) is 6.48 Å². The van der Waals surface area contributed by atoms with Gasteiger partial charge in [0.25, 0.3) is 0 Å². The minimum Gasteiger partial charge on any atom is -0.301 e. The Morgan fingerprint density at radius 2 is 1.71 bits per heavy atom. The Hall–Kier alpha value is -1.33. The SMILES string of the molecule is C=Cc1cc(CN2CCN(CC)CC2)cc(C(F)(F)F)c1. The summed E-state index contributed by atoms with van der Waals surface area (Å²) in [6, 6.07) is 4.18. The lowest BCUT2D eigenvalue weighted by atomic mass is 10.0. The zero-order valence-corrected chi connectivity index (χ0v) is 12.3. The van der Waals surface area contributed by atoms with E-state index < -0.39 is 11.7 Å². The molecule has 0 N–H and O–H groups in total. The minimum atomic E-state index is -4.31. The number of hydrogen-bond donors (Lipinski definition) is 0. The van der Waals surface area contributed by atoms with Gasteiger partial charge in [-0.2, -0.15) is 13.2 Å². The highest BCUT2D eigenvalue weighted by Gasteiger charge is 2.31. The molecule has 116 valence electrons. The third kappa shape index (κ3) is 4.32. The second kappa shape index (κ2) is 6.62. The number of likely N-dealkylation sites (N-methyl/N-ethyl adjacent to an activating group) is 1. The van der Waals surface area contributed by atoms with Crippen molar-refractivity contribution in [3.05, 3.63) is 41.5 Å². The molecule has 2 nitrogen and oxygen atoms in total. The number of hydrogen-bond acceptors (Lipinski definition) is 2. The Morgan fingerprint density at radius 1 is 1.10 bits per heavy atom. The molecule has 21 heavy (non-hydrogen) atoms. The van der Waals surface area contributed by atoms with Crippen molar-refractivity contribution in [3.63, 3.8) is 0 Å². The number of rotatable bonds is 4. The summed E-state index contributed by atoms with van der Waals surface area (Å²) in [5, 5.41) is 0. The molecule has 1 saturated heterocycles. The van der Waals surface area contributed by atoms with Gasteiger partial charge in [-0.3, -0.25) is 4.90 Å². The molecule has 0 amide bonds. The summed E-state index contributed by atoms with van der Waals surface area (Å²) in [6.07, 6.45) is -2.84. The van der Waals surface area contributed by atoms with Crippen LogP contribution in [0.25, 0.3) is 6.08 Å². The molecule has 1 aliphatic rings. The normalized spacial score (nSPS) is 17.9. The fraction of sp³-hybridized carbons (Fsp3) is 0.500. The lowest BCUT2D eigenvalue weighted by Gasteiger charge is -2.34. The molecule has 1 fully saturated rings. The van der Waals surface area contributed by atoms with Crippen LogP contribution < -0.4 is 0 Å². The van der Waals surface area contributed by atoms with Crippen LogP contribution in [0, 0.1) is 0 Å². The summed E-state index contributed by atoms with van der Waals surface area (Å²) in [7, 11) is 0. The molecule has 1 aromatic rings. The molecule has 0 aliphatic carbocycles. The van der Waals surface area contributed by atoms with Crippen molar-refractivity contribution in [3.8, 4) is 0 Å². The Morgan fingerprint density at radius 3 is 2.24 bits per heavy atom. The van der Waals surface area contributed by atoms with Gasteiger partial charge in [0.1, 0.15) is 0 Å². The van der Waals surface area contributed by atoms with Crippen LogP contribution >= 0.6 is 0 Å². The first-order valence-corrected chi connectivity index (χ1v) is 7.20. The minimum absolute atomic E-state index is 0.520. The first-order valence-electron chi connectivity index (χ1n) is 7.20. The van der Waals surface area contributed by atoms with Crippen LogP contribution in [0.5, 0.6) is 0 Å². The average molecular weight is 298 g/mol. The second-order valence-electron chi connectivity index (χ2n) is 5.38. The van der Waals surface area contributed by atoms with Crippen LogP contribution in [0.3, 0.4) is 0 Å². The van der Waals surface area contributed by atoms with E-state index in [4.69, 9.17) is 0 Å². The van der Waals surface area contributed by atoms with Gasteiger partial charge in [0.05, 0.1) is 5.56 Å². The monoisotopic (exact) mass is 298 g/mol. The molecule has 0 spiro atoms. The van der Waals surface area contributed by atoms with Crippen molar-refractivity contribution < 1.29 is 13.2 Å². The highest BCUT2D eigenvalue weighted by atomic mass is 19.4. The number of halogens is 3. The zero-order chi connectivity index (χ0) is 15.5. The number of benzene rings is 1. The maximum absolute atomic E-state index is 12.9. The maximum atomic E-state index is 12.9. The summed E-state index contributed by atoms with van der Waals surface area (Å²) < 4.78 is 38.7. The van der Waals surface area contributed by atoms with E-state index >= 15 is 0 Å². The van der Waals surface area contributed by atoms with Crippen LogP contribution in [0.1, 0.15) is 23.6 Å². The van der Waals surface area contributed by atoms with Gasteiger partial charge in [0, 0.05) is 32.7 Å². The van der Waals surface area contributed by atoms with E-state index in [9.17, 15) is 13.2 Å². The quantitative estimate of drug-likeness (QED) is 0.839. The number of alkyl halides is 3. The Kier molecular flexibility index (Phi) is 5.06. The van der Waals surface area contributed by atoms with Crippen LogP contribution in [-0.2, 0) is 12.7 Å². The van der Waals surface area contributed by atoms with Crippen molar-refractivity contribution in [2.24, 2.45) is 0 Å². The highest BCUT2D eigenvalue weighted by molar-refractivity contribution is 5.50. The molecule has 0 atom stereocenters. The van der Waals surface area contributed by atoms with Gasteiger partial charge >= 0.3 is 6.18 Å². The summed E-state index contributed by atoms with van der Waals surface area (Å²) >= 11 is 0. The smallest absolute Gasteiger partial charge is 0.301 e. The first-order chi connectivity index (χ1) is 9.92. The molecule has 0 unspecified atom stereocenters. The molecule has 2 rings (SSSR count). The molecule has 1 heterocycles. The largest absolute Gasteiger partial charge is 0.416 e. The fourth-order valence-corrected chi connectivity index (χ4v) is 2.61. The zero-order valence-electron chi connectivity index (χ0n) is 12.3. The van der Waals surface area contributed by atoms with E-state index in [1.807, 2.05) is 0 Å². The molecule has 1 aliphatic heterocycles. The standard InChI is InChI=1S/C16H21F3N2/c1-3-13-9-14(11-15(10-13)16(17,18)19)12-21-7-5-20(4-2)6-8-21/h3,9-11H,1,4-8,12H2,2H3. The predicted octanol–water partition coefficient (Wildman–Crippen LogP) is 3.49. The van der Waals surface area contributed by atoms with Gasteiger partial charge in [-0.25, -0.2) is 0 Å². The van der Waals surface area contributed by atoms with Crippen molar-refractivity contribution in [2.45, 2.75) is 19.6 Å². The first kappa shape index (κ1) is 16.0. The Balaban J connectivity index is 2.11. The number of nitrogens with zero attached hydrogens (tertiary/aromatic N) is 2. The van der Waals surface area contributed by atoms with E-state index in [1.165, 1.54) is 12.1 Å². The van der Waals surface area contributed by atoms with Gasteiger partial charge in [-0.1, -0.05) is 25.6 Å². The summed E-state index contributed by atoms with van der Waals surface area (Å²) in [4.78, 5) is 4.55. The van der Waals surface area contributed by atoms with Crippen molar-refractivity contribution >= 4 is 6.08 Å². The van der Waals surface area contributed by atoms with E-state index in [-0.39, 0.29) is 0 Å². The maximum Gasteiger partial charge on any atom is 0.416 e. The predicted molar refractivity (Wildman–Crippen MR) is 78.9 cm³/mol. The third-order valence-corrected chi connectivity index (χ3v) is 3.90. The van der Waals surface area contributed by atoms with Gasteiger partial charge in [0.15, 0.2) is 0 Å². The summed E-state index contributed by atoms with van der Waals surface area (Å²) in [6.45, 7) is 11.0. The number of piperazine rings is 1. The fourth-order valence-electron chi connectivity index (χ4n) is 2.61. The van der Waals surface area contributed by atoms with Gasteiger partial charge in [0.2, 0.25) is 0 Å². The summed E-state index contributed by atoms with van der Waals surface area (Å²) in [5.74, 6) is 0. The van der Waals surface area contributed by atoms with Crippen molar-refractivity contribution in [2.75, 3.05) is 32.7 Å². The van der Waals surface area contributed by atoms with Crippen LogP contribution in [0.2, 0.25) is 0 Å². The molecule has 0 radical (unpaired) electrons. The van der Waals surface area contributed by atoms with Crippen LogP contribution in [0.4, 0.5) is 13.2 Å². The van der Waals surface area contributed by atoms with Gasteiger partial charge < -0.3 is 4.90 Å².